The molecule has 0 saturated carbocycles. The lowest BCUT2D eigenvalue weighted by Crippen LogP contribution is -2.26. The van der Waals surface area contributed by atoms with Gasteiger partial charge in [-0.3, -0.25) is 4.90 Å². The van der Waals surface area contributed by atoms with Crippen LogP contribution in [0.4, 0.5) is 10.6 Å². The molecule has 1 aromatic rings. The lowest BCUT2D eigenvalue weighted by atomic mass is 10.2. The Bertz CT molecular complexity index is 314. The minimum atomic E-state index is -1.05. The summed E-state index contributed by atoms with van der Waals surface area (Å²) in [6.07, 6.45) is 0.488. The molecule has 3 N–H and O–H groups in total. The Morgan fingerprint density at radius 3 is 3.00 bits per heavy atom. The molecule has 0 bridgehead atoms. The average Bonchev–Trinajstić information content (AvgIpc) is 2.16. The Balaban J connectivity index is 3.05. The third-order valence-corrected chi connectivity index (χ3v) is 1.69. The third kappa shape index (κ3) is 1.94. The van der Waals surface area contributed by atoms with Gasteiger partial charge >= 0.3 is 6.09 Å². The van der Waals surface area contributed by atoms with E-state index in [-0.39, 0.29) is 6.54 Å². The van der Waals surface area contributed by atoms with E-state index in [1.807, 2.05) is 0 Å². The van der Waals surface area contributed by atoms with E-state index in [0.29, 0.717) is 11.4 Å². The van der Waals surface area contributed by atoms with Crippen molar-refractivity contribution in [3.05, 3.63) is 23.9 Å². The topological polar surface area (TPSA) is 79.5 Å². The van der Waals surface area contributed by atoms with Crippen molar-refractivity contribution in [2.24, 2.45) is 5.73 Å². The summed E-state index contributed by atoms with van der Waals surface area (Å²) < 4.78 is 0. The van der Waals surface area contributed by atoms with Crippen molar-refractivity contribution in [2.45, 2.75) is 6.54 Å². The second-order valence-corrected chi connectivity index (χ2v) is 2.53. The fraction of sp³-hybridized carbons (Fsp3) is 0.250. The van der Waals surface area contributed by atoms with Crippen LogP contribution >= 0.6 is 0 Å². The van der Waals surface area contributed by atoms with Crippen LogP contribution in [0, 0.1) is 0 Å². The summed E-state index contributed by atoms with van der Waals surface area (Å²) in [5.41, 5.74) is 6.14. The first-order valence-corrected chi connectivity index (χ1v) is 3.77. The minimum Gasteiger partial charge on any atom is -0.465 e. The van der Waals surface area contributed by atoms with Crippen LogP contribution in [0.3, 0.4) is 0 Å². The summed E-state index contributed by atoms with van der Waals surface area (Å²) in [6.45, 7) is 0.279. The molecule has 0 atom stereocenters. The molecule has 70 valence electrons. The average molecular weight is 181 g/mol. The van der Waals surface area contributed by atoms with Crippen molar-refractivity contribution in [3.8, 4) is 0 Å². The molecule has 5 nitrogen and oxygen atoms in total. The molecule has 1 rings (SSSR count). The Morgan fingerprint density at radius 2 is 2.46 bits per heavy atom. The fourth-order valence-corrected chi connectivity index (χ4v) is 0.982. The Labute approximate surface area is 75.8 Å². The molecule has 0 saturated heterocycles. The van der Waals surface area contributed by atoms with Gasteiger partial charge < -0.3 is 10.8 Å². The molecule has 0 aliphatic rings. The largest absolute Gasteiger partial charge is 0.465 e. The van der Waals surface area contributed by atoms with Crippen LogP contribution in [0.25, 0.3) is 0 Å². The van der Waals surface area contributed by atoms with E-state index in [0.717, 1.165) is 4.90 Å². The monoisotopic (exact) mass is 181 g/mol. The van der Waals surface area contributed by atoms with Gasteiger partial charge in [-0.25, -0.2) is 9.78 Å². The molecule has 0 aliphatic carbocycles. The van der Waals surface area contributed by atoms with Crippen LogP contribution in [0.15, 0.2) is 18.3 Å². The van der Waals surface area contributed by atoms with Crippen molar-refractivity contribution >= 4 is 11.9 Å². The summed E-state index contributed by atoms with van der Waals surface area (Å²) in [7, 11) is 1.43. The third-order valence-electron chi connectivity index (χ3n) is 1.69. The summed E-state index contributed by atoms with van der Waals surface area (Å²) in [6, 6.07) is 3.48. The lowest BCUT2D eigenvalue weighted by molar-refractivity contribution is 0.203. The van der Waals surface area contributed by atoms with Crippen molar-refractivity contribution in [1.82, 2.24) is 4.98 Å². The number of aromatic nitrogens is 1. The summed E-state index contributed by atoms with van der Waals surface area (Å²) >= 11 is 0. The predicted molar refractivity (Wildman–Crippen MR) is 48.6 cm³/mol. The number of carbonyl (C=O) groups is 1. The van der Waals surface area contributed by atoms with Gasteiger partial charge in [-0.05, 0) is 6.07 Å². The van der Waals surface area contributed by atoms with E-state index in [2.05, 4.69) is 4.98 Å². The zero-order chi connectivity index (χ0) is 9.84. The van der Waals surface area contributed by atoms with E-state index in [4.69, 9.17) is 10.8 Å². The Morgan fingerprint density at radius 1 is 1.77 bits per heavy atom. The molecule has 0 fully saturated rings. The second-order valence-electron chi connectivity index (χ2n) is 2.53. The first kappa shape index (κ1) is 9.47. The molecule has 0 radical (unpaired) electrons. The lowest BCUT2D eigenvalue weighted by Gasteiger charge is -2.14. The van der Waals surface area contributed by atoms with Crippen molar-refractivity contribution in [1.29, 1.82) is 0 Å². The maximum absolute atomic E-state index is 10.6. The number of amides is 1. The summed E-state index contributed by atoms with van der Waals surface area (Å²) in [4.78, 5) is 15.6. The Hall–Kier alpha value is -1.62. The molecular weight excluding hydrogens is 170 g/mol. The van der Waals surface area contributed by atoms with Gasteiger partial charge in [-0.15, -0.1) is 0 Å². The molecule has 1 heterocycles. The van der Waals surface area contributed by atoms with Crippen LogP contribution < -0.4 is 10.6 Å². The molecule has 13 heavy (non-hydrogen) atoms. The quantitative estimate of drug-likeness (QED) is 0.702. The van der Waals surface area contributed by atoms with E-state index >= 15 is 0 Å². The highest BCUT2D eigenvalue weighted by Gasteiger charge is 2.12. The highest BCUT2D eigenvalue weighted by atomic mass is 16.4. The SMILES string of the molecule is CN(C(=O)O)c1ncccc1CN. The van der Waals surface area contributed by atoms with Gasteiger partial charge in [-0.1, -0.05) is 6.07 Å². The maximum Gasteiger partial charge on any atom is 0.412 e. The fourth-order valence-electron chi connectivity index (χ4n) is 0.982. The number of hydrogen-bond donors (Lipinski definition) is 2. The zero-order valence-corrected chi connectivity index (χ0v) is 7.27. The van der Waals surface area contributed by atoms with Crippen LogP contribution in [0.5, 0.6) is 0 Å². The Kier molecular flexibility index (Phi) is 2.81. The standard InChI is InChI=1S/C8H11N3O2/c1-11(8(12)13)7-6(5-9)3-2-4-10-7/h2-4H,5,9H2,1H3,(H,12,13). The number of carboxylic acid groups (broad SMARTS) is 1. The molecule has 1 aromatic heterocycles. The van der Waals surface area contributed by atoms with Gasteiger partial charge in [-0.2, -0.15) is 0 Å². The van der Waals surface area contributed by atoms with Gasteiger partial charge in [0.1, 0.15) is 5.82 Å². The first-order chi connectivity index (χ1) is 6.16. The first-order valence-electron chi connectivity index (χ1n) is 3.77. The number of pyridine rings is 1. The van der Waals surface area contributed by atoms with E-state index in [1.165, 1.54) is 13.2 Å². The van der Waals surface area contributed by atoms with Crippen molar-refractivity contribution in [3.63, 3.8) is 0 Å². The molecule has 0 aromatic carbocycles. The van der Waals surface area contributed by atoms with Gasteiger partial charge in [0, 0.05) is 25.4 Å². The minimum absolute atomic E-state index is 0.279. The number of rotatable bonds is 2. The molecule has 1 amide bonds. The van der Waals surface area contributed by atoms with E-state index in [1.54, 1.807) is 12.1 Å². The highest BCUT2D eigenvalue weighted by Crippen LogP contribution is 2.14. The zero-order valence-electron chi connectivity index (χ0n) is 7.27. The molecular formula is C8H11N3O2. The highest BCUT2D eigenvalue weighted by molar-refractivity contribution is 5.84. The van der Waals surface area contributed by atoms with Gasteiger partial charge in [0.25, 0.3) is 0 Å². The van der Waals surface area contributed by atoms with Crippen molar-refractivity contribution < 1.29 is 9.90 Å². The van der Waals surface area contributed by atoms with Gasteiger partial charge in [0.15, 0.2) is 0 Å². The second kappa shape index (κ2) is 3.86. The normalized spacial score (nSPS) is 9.69. The van der Waals surface area contributed by atoms with Crippen LogP contribution in [-0.4, -0.2) is 23.2 Å². The van der Waals surface area contributed by atoms with Gasteiger partial charge in [0.2, 0.25) is 0 Å². The van der Waals surface area contributed by atoms with Crippen molar-refractivity contribution in [2.75, 3.05) is 11.9 Å². The molecule has 0 aliphatic heterocycles. The number of anilines is 1. The van der Waals surface area contributed by atoms with E-state index in [9.17, 15) is 4.79 Å². The summed E-state index contributed by atoms with van der Waals surface area (Å²) in [5.74, 6) is 0.387. The predicted octanol–water partition coefficient (Wildman–Crippen LogP) is 0.654. The van der Waals surface area contributed by atoms with Crippen LogP contribution in [-0.2, 0) is 6.54 Å². The van der Waals surface area contributed by atoms with Crippen LogP contribution in [0.1, 0.15) is 5.56 Å². The number of nitrogens with two attached hydrogens (primary N) is 1. The van der Waals surface area contributed by atoms with Gasteiger partial charge in [0.05, 0.1) is 0 Å². The molecule has 0 unspecified atom stereocenters. The van der Waals surface area contributed by atoms with Crippen LogP contribution in [0.2, 0.25) is 0 Å². The summed E-state index contributed by atoms with van der Waals surface area (Å²) in [5, 5.41) is 8.70. The number of hydrogen-bond acceptors (Lipinski definition) is 3. The number of nitrogens with zero attached hydrogens (tertiary/aromatic N) is 2. The van der Waals surface area contributed by atoms with E-state index < -0.39 is 6.09 Å². The smallest absolute Gasteiger partial charge is 0.412 e. The molecule has 5 heteroatoms. The maximum atomic E-state index is 10.6. The molecule has 0 spiro atoms.